The molecular weight excluding hydrogens is 309 g/mol. The van der Waals surface area contributed by atoms with Crippen molar-refractivity contribution >= 4 is 5.91 Å². The molecule has 7 heteroatoms. The Kier molecular flexibility index (Phi) is 6.01. The molecule has 0 bridgehead atoms. The predicted octanol–water partition coefficient (Wildman–Crippen LogP) is 2.50. The SMILES string of the molecule is COCCCN1CCN(C(=O)c2ccc(C(F)(F)F)cc2)CC1. The predicted molar refractivity (Wildman–Crippen MR) is 80.3 cm³/mol. The monoisotopic (exact) mass is 330 g/mol. The minimum Gasteiger partial charge on any atom is -0.385 e. The molecule has 1 heterocycles. The zero-order valence-corrected chi connectivity index (χ0v) is 13.1. The summed E-state index contributed by atoms with van der Waals surface area (Å²) in [6.45, 7) is 4.37. The molecule has 0 aliphatic carbocycles. The van der Waals surface area contributed by atoms with Gasteiger partial charge in [-0.1, -0.05) is 0 Å². The summed E-state index contributed by atoms with van der Waals surface area (Å²) in [5.74, 6) is -0.213. The fraction of sp³-hybridized carbons (Fsp3) is 0.562. The average molecular weight is 330 g/mol. The first kappa shape index (κ1) is 17.7. The van der Waals surface area contributed by atoms with E-state index in [1.165, 1.54) is 12.1 Å². The van der Waals surface area contributed by atoms with E-state index in [0.717, 1.165) is 38.2 Å². The van der Waals surface area contributed by atoms with Gasteiger partial charge in [-0.25, -0.2) is 0 Å². The molecule has 0 unspecified atom stereocenters. The number of carbonyl (C=O) groups is 1. The summed E-state index contributed by atoms with van der Waals surface area (Å²) in [5, 5.41) is 0. The van der Waals surface area contributed by atoms with Crippen molar-refractivity contribution in [2.45, 2.75) is 12.6 Å². The Morgan fingerprint density at radius 2 is 1.74 bits per heavy atom. The number of hydrogen-bond acceptors (Lipinski definition) is 3. The van der Waals surface area contributed by atoms with Crippen molar-refractivity contribution in [3.63, 3.8) is 0 Å². The van der Waals surface area contributed by atoms with Crippen molar-refractivity contribution in [1.82, 2.24) is 9.80 Å². The standard InChI is InChI=1S/C16H21F3N2O2/c1-23-12-2-7-20-8-10-21(11-9-20)15(22)13-3-5-14(6-4-13)16(17,18)19/h3-6H,2,7-12H2,1H3. The van der Waals surface area contributed by atoms with Crippen molar-refractivity contribution in [3.05, 3.63) is 35.4 Å². The molecule has 2 rings (SSSR count). The number of benzene rings is 1. The molecule has 1 amide bonds. The second kappa shape index (κ2) is 7.79. The first-order valence-electron chi connectivity index (χ1n) is 7.59. The lowest BCUT2D eigenvalue weighted by molar-refractivity contribution is -0.137. The fourth-order valence-electron chi connectivity index (χ4n) is 2.59. The molecule has 1 aromatic rings. The van der Waals surface area contributed by atoms with Crippen LogP contribution in [0.4, 0.5) is 13.2 Å². The second-order valence-corrected chi connectivity index (χ2v) is 5.56. The Hall–Kier alpha value is -1.60. The molecule has 1 aliphatic heterocycles. The molecule has 0 spiro atoms. The zero-order chi connectivity index (χ0) is 16.9. The lowest BCUT2D eigenvalue weighted by Crippen LogP contribution is -2.48. The number of ether oxygens (including phenoxy) is 1. The van der Waals surface area contributed by atoms with Crippen molar-refractivity contribution in [1.29, 1.82) is 0 Å². The molecule has 1 aliphatic rings. The number of alkyl halides is 3. The smallest absolute Gasteiger partial charge is 0.385 e. The van der Waals surface area contributed by atoms with E-state index in [0.29, 0.717) is 25.3 Å². The zero-order valence-electron chi connectivity index (χ0n) is 13.1. The van der Waals surface area contributed by atoms with Crippen LogP contribution >= 0.6 is 0 Å². The normalized spacial score (nSPS) is 16.6. The van der Waals surface area contributed by atoms with Crippen molar-refractivity contribution < 1.29 is 22.7 Å². The Bertz CT molecular complexity index is 509. The number of nitrogens with zero attached hydrogens (tertiary/aromatic N) is 2. The Labute approximate surface area is 133 Å². The molecule has 0 N–H and O–H groups in total. The molecule has 1 saturated heterocycles. The van der Waals surface area contributed by atoms with Crippen LogP contribution in [0.5, 0.6) is 0 Å². The lowest BCUT2D eigenvalue weighted by Gasteiger charge is -2.34. The lowest BCUT2D eigenvalue weighted by atomic mass is 10.1. The molecule has 4 nitrogen and oxygen atoms in total. The number of carbonyl (C=O) groups excluding carboxylic acids is 1. The van der Waals surface area contributed by atoms with E-state index >= 15 is 0 Å². The second-order valence-electron chi connectivity index (χ2n) is 5.56. The van der Waals surface area contributed by atoms with Gasteiger partial charge in [0.2, 0.25) is 0 Å². The first-order valence-corrected chi connectivity index (χ1v) is 7.59. The molecule has 0 aromatic heterocycles. The average Bonchev–Trinajstić information content (AvgIpc) is 2.54. The molecule has 1 fully saturated rings. The molecule has 128 valence electrons. The summed E-state index contributed by atoms with van der Waals surface area (Å²) < 4.78 is 42.6. The maximum absolute atomic E-state index is 12.5. The van der Waals surface area contributed by atoms with Crippen LogP contribution in [0.1, 0.15) is 22.3 Å². The van der Waals surface area contributed by atoms with Gasteiger partial charge in [0, 0.05) is 52.0 Å². The van der Waals surface area contributed by atoms with E-state index in [4.69, 9.17) is 4.74 Å². The summed E-state index contributed by atoms with van der Waals surface area (Å²) in [5.41, 5.74) is -0.442. The van der Waals surface area contributed by atoms with Gasteiger partial charge in [-0.05, 0) is 30.7 Å². The Balaban J connectivity index is 1.87. The minimum atomic E-state index is -4.38. The molecular formula is C16H21F3N2O2. The Morgan fingerprint density at radius 1 is 1.13 bits per heavy atom. The summed E-state index contributed by atoms with van der Waals surface area (Å²) in [6, 6.07) is 4.40. The van der Waals surface area contributed by atoms with Crippen LogP contribution in [0, 0.1) is 0 Å². The molecule has 1 aromatic carbocycles. The van der Waals surface area contributed by atoms with Crippen LogP contribution < -0.4 is 0 Å². The molecule has 23 heavy (non-hydrogen) atoms. The van der Waals surface area contributed by atoms with Gasteiger partial charge in [-0.15, -0.1) is 0 Å². The van der Waals surface area contributed by atoms with Gasteiger partial charge in [0.25, 0.3) is 5.91 Å². The summed E-state index contributed by atoms with van der Waals surface area (Å²) in [6.07, 6.45) is -3.43. The fourth-order valence-corrected chi connectivity index (χ4v) is 2.59. The number of amides is 1. The molecule has 0 atom stereocenters. The number of rotatable bonds is 5. The molecule has 0 saturated carbocycles. The summed E-state index contributed by atoms with van der Waals surface area (Å²) in [7, 11) is 1.67. The van der Waals surface area contributed by atoms with Crippen LogP contribution in [0.2, 0.25) is 0 Å². The Morgan fingerprint density at radius 3 is 2.26 bits per heavy atom. The van der Waals surface area contributed by atoms with Crippen LogP contribution in [0.3, 0.4) is 0 Å². The third kappa shape index (κ3) is 4.94. The van der Waals surface area contributed by atoms with Crippen molar-refractivity contribution in [2.24, 2.45) is 0 Å². The van der Waals surface area contributed by atoms with Gasteiger partial charge in [0.15, 0.2) is 0 Å². The van der Waals surface area contributed by atoms with Crippen molar-refractivity contribution in [2.75, 3.05) is 46.4 Å². The highest BCUT2D eigenvalue weighted by atomic mass is 19.4. The van der Waals surface area contributed by atoms with E-state index in [1.54, 1.807) is 12.0 Å². The maximum Gasteiger partial charge on any atom is 0.416 e. The van der Waals surface area contributed by atoms with Crippen LogP contribution in [0.25, 0.3) is 0 Å². The van der Waals surface area contributed by atoms with Gasteiger partial charge in [-0.3, -0.25) is 9.69 Å². The van der Waals surface area contributed by atoms with Gasteiger partial charge in [-0.2, -0.15) is 13.2 Å². The third-order valence-corrected chi connectivity index (χ3v) is 3.94. The third-order valence-electron chi connectivity index (χ3n) is 3.94. The summed E-state index contributed by atoms with van der Waals surface area (Å²) >= 11 is 0. The maximum atomic E-state index is 12.5. The van der Waals surface area contributed by atoms with Crippen molar-refractivity contribution in [3.8, 4) is 0 Å². The number of piperazine rings is 1. The van der Waals surface area contributed by atoms with E-state index in [2.05, 4.69) is 4.90 Å². The van der Waals surface area contributed by atoms with E-state index in [-0.39, 0.29) is 5.91 Å². The quantitative estimate of drug-likeness (QED) is 0.778. The highest BCUT2D eigenvalue weighted by Gasteiger charge is 2.30. The summed E-state index contributed by atoms with van der Waals surface area (Å²) in [4.78, 5) is 16.3. The van der Waals surface area contributed by atoms with E-state index < -0.39 is 11.7 Å². The number of methoxy groups -OCH3 is 1. The number of halogens is 3. The van der Waals surface area contributed by atoms with Crippen LogP contribution in [-0.2, 0) is 10.9 Å². The van der Waals surface area contributed by atoms with Gasteiger partial charge < -0.3 is 9.64 Å². The number of hydrogen-bond donors (Lipinski definition) is 0. The first-order chi connectivity index (χ1) is 10.9. The van der Waals surface area contributed by atoms with Crippen LogP contribution in [-0.4, -0.2) is 62.1 Å². The van der Waals surface area contributed by atoms with Gasteiger partial charge in [0.05, 0.1) is 5.56 Å². The highest BCUT2D eigenvalue weighted by molar-refractivity contribution is 5.94. The minimum absolute atomic E-state index is 0.213. The molecule has 0 radical (unpaired) electrons. The largest absolute Gasteiger partial charge is 0.416 e. The topological polar surface area (TPSA) is 32.8 Å². The van der Waals surface area contributed by atoms with Crippen LogP contribution in [0.15, 0.2) is 24.3 Å². The van der Waals surface area contributed by atoms with E-state index in [1.807, 2.05) is 0 Å². The van der Waals surface area contributed by atoms with Gasteiger partial charge in [0.1, 0.15) is 0 Å². The van der Waals surface area contributed by atoms with E-state index in [9.17, 15) is 18.0 Å². The highest BCUT2D eigenvalue weighted by Crippen LogP contribution is 2.29. The van der Waals surface area contributed by atoms with Gasteiger partial charge >= 0.3 is 6.18 Å².